The number of primary amides is 1. The number of fused-ring (bicyclic) bond motifs is 3. The van der Waals surface area contributed by atoms with Crippen LogP contribution in [0.2, 0.25) is 0 Å². The predicted molar refractivity (Wildman–Crippen MR) is 97.0 cm³/mol. The molecule has 0 aliphatic heterocycles. The van der Waals surface area contributed by atoms with Crippen molar-refractivity contribution in [1.29, 1.82) is 0 Å². The molecule has 0 aliphatic carbocycles. The third-order valence-electron chi connectivity index (χ3n) is 4.43. The van der Waals surface area contributed by atoms with Crippen molar-refractivity contribution < 1.29 is 9.18 Å². The number of aromatic nitrogens is 1. The Morgan fingerprint density at radius 1 is 1.16 bits per heavy atom. The maximum atomic E-state index is 13.6. The van der Waals surface area contributed by atoms with Crippen LogP contribution in [0.3, 0.4) is 0 Å². The van der Waals surface area contributed by atoms with Gasteiger partial charge in [0.1, 0.15) is 5.82 Å². The number of amides is 1. The van der Waals surface area contributed by atoms with Crippen LogP contribution in [0.1, 0.15) is 21.5 Å². The number of hydrogen-bond donors (Lipinski definition) is 1. The van der Waals surface area contributed by atoms with Gasteiger partial charge in [0.25, 0.3) is 0 Å². The van der Waals surface area contributed by atoms with Crippen LogP contribution in [0, 0.1) is 18.8 Å². The molecule has 1 radical (unpaired) electrons. The van der Waals surface area contributed by atoms with Crippen molar-refractivity contribution >= 4 is 27.7 Å². The quantitative estimate of drug-likeness (QED) is 0.601. The first-order chi connectivity index (χ1) is 12.0. The van der Waals surface area contributed by atoms with Crippen LogP contribution in [-0.4, -0.2) is 10.5 Å². The van der Waals surface area contributed by atoms with Gasteiger partial charge >= 0.3 is 0 Å². The van der Waals surface area contributed by atoms with Gasteiger partial charge in [-0.25, -0.2) is 4.39 Å². The predicted octanol–water partition coefficient (Wildman–Crippen LogP) is 4.19. The first-order valence-electron chi connectivity index (χ1n) is 8.02. The highest BCUT2D eigenvalue weighted by atomic mass is 19.1. The maximum absolute atomic E-state index is 13.6. The molecular formula is C21H16FN2O. The highest BCUT2D eigenvalue weighted by molar-refractivity contribution is 6.17. The fourth-order valence-electron chi connectivity index (χ4n) is 3.35. The number of aryl methyl sites for hydroxylation is 1. The average molecular weight is 331 g/mol. The second-order valence-electron chi connectivity index (χ2n) is 6.22. The van der Waals surface area contributed by atoms with E-state index in [1.165, 1.54) is 12.1 Å². The van der Waals surface area contributed by atoms with Crippen LogP contribution < -0.4 is 5.73 Å². The minimum atomic E-state index is -0.468. The molecule has 0 atom stereocenters. The Labute approximate surface area is 144 Å². The van der Waals surface area contributed by atoms with E-state index in [-0.39, 0.29) is 5.82 Å². The van der Waals surface area contributed by atoms with Crippen LogP contribution in [0.4, 0.5) is 4.39 Å². The Morgan fingerprint density at radius 3 is 2.72 bits per heavy atom. The van der Waals surface area contributed by atoms with Crippen molar-refractivity contribution in [2.45, 2.75) is 13.5 Å². The van der Waals surface area contributed by atoms with Gasteiger partial charge in [-0.15, -0.1) is 0 Å². The van der Waals surface area contributed by atoms with Crippen molar-refractivity contribution in [2.24, 2.45) is 5.73 Å². The molecule has 1 amide bonds. The van der Waals surface area contributed by atoms with Crippen molar-refractivity contribution in [3.8, 4) is 0 Å². The van der Waals surface area contributed by atoms with Gasteiger partial charge in [-0.05, 0) is 54.4 Å². The zero-order chi connectivity index (χ0) is 17.6. The fourth-order valence-corrected chi connectivity index (χ4v) is 3.35. The van der Waals surface area contributed by atoms with Gasteiger partial charge in [0, 0.05) is 22.9 Å². The van der Waals surface area contributed by atoms with E-state index < -0.39 is 5.91 Å². The molecule has 4 rings (SSSR count). The van der Waals surface area contributed by atoms with Crippen LogP contribution >= 0.6 is 0 Å². The van der Waals surface area contributed by atoms with Crippen molar-refractivity contribution in [3.63, 3.8) is 0 Å². The molecule has 0 aliphatic rings. The summed E-state index contributed by atoms with van der Waals surface area (Å²) in [6.07, 6.45) is 0. The third-order valence-corrected chi connectivity index (χ3v) is 4.43. The highest BCUT2D eigenvalue weighted by Crippen LogP contribution is 2.32. The maximum Gasteiger partial charge on any atom is 0.249 e. The lowest BCUT2D eigenvalue weighted by Crippen LogP contribution is -2.11. The molecule has 0 saturated heterocycles. The number of benzene rings is 3. The molecule has 0 spiro atoms. The molecule has 0 saturated carbocycles. The lowest BCUT2D eigenvalue weighted by molar-refractivity contribution is 0.100. The SMILES string of the molecule is Cc1c[c]c2c3c(C(N)=O)cccc3n(Cc3cccc(F)c3)c2c1. The van der Waals surface area contributed by atoms with Crippen LogP contribution in [0.15, 0.2) is 54.6 Å². The Kier molecular flexibility index (Phi) is 3.53. The number of rotatable bonds is 3. The summed E-state index contributed by atoms with van der Waals surface area (Å²) >= 11 is 0. The molecule has 4 heteroatoms. The zero-order valence-corrected chi connectivity index (χ0v) is 13.7. The first-order valence-corrected chi connectivity index (χ1v) is 8.02. The van der Waals surface area contributed by atoms with E-state index in [0.717, 1.165) is 32.9 Å². The Balaban J connectivity index is 2.06. The molecule has 0 bridgehead atoms. The van der Waals surface area contributed by atoms with Gasteiger partial charge in [0.2, 0.25) is 5.91 Å². The van der Waals surface area contributed by atoms with Gasteiger partial charge in [0.05, 0.1) is 11.0 Å². The standard InChI is InChI=1S/C21H16FN2O/c1-13-8-9-16-19(10-13)24(12-14-4-2-5-15(22)11-14)18-7-3-6-17(20(16)18)21(23)25/h2-8,10-11H,12H2,1H3,(H2,23,25). The Morgan fingerprint density at radius 2 is 1.96 bits per heavy atom. The van der Waals surface area contributed by atoms with Gasteiger partial charge in [-0.2, -0.15) is 0 Å². The minimum absolute atomic E-state index is 0.265. The van der Waals surface area contributed by atoms with Crippen LogP contribution in [-0.2, 0) is 6.54 Å². The van der Waals surface area contributed by atoms with Crippen LogP contribution in [0.5, 0.6) is 0 Å². The Bertz CT molecular complexity index is 1130. The summed E-state index contributed by atoms with van der Waals surface area (Å²) in [4.78, 5) is 11.9. The van der Waals surface area contributed by atoms with Crippen molar-refractivity contribution in [1.82, 2.24) is 4.57 Å². The number of carbonyl (C=O) groups is 1. The molecule has 4 aromatic rings. The molecule has 3 nitrogen and oxygen atoms in total. The van der Waals surface area contributed by atoms with Crippen LogP contribution in [0.25, 0.3) is 21.8 Å². The van der Waals surface area contributed by atoms with E-state index in [2.05, 4.69) is 16.7 Å². The molecule has 0 fully saturated rings. The van der Waals surface area contributed by atoms with Crippen molar-refractivity contribution in [3.05, 3.63) is 83.2 Å². The number of nitrogens with two attached hydrogens (primary N) is 1. The van der Waals surface area contributed by atoms with E-state index in [1.54, 1.807) is 12.1 Å². The molecule has 0 unspecified atom stereocenters. The second-order valence-corrected chi connectivity index (χ2v) is 6.22. The first kappa shape index (κ1) is 15.4. The molecular weight excluding hydrogens is 315 g/mol. The fraction of sp³-hybridized carbons (Fsp3) is 0.0952. The summed E-state index contributed by atoms with van der Waals surface area (Å²) in [5, 5.41) is 1.65. The Hall–Kier alpha value is -3.14. The summed E-state index contributed by atoms with van der Waals surface area (Å²) in [5.74, 6) is -0.733. The monoisotopic (exact) mass is 331 g/mol. The summed E-state index contributed by atoms with van der Waals surface area (Å²) < 4.78 is 15.7. The molecule has 2 N–H and O–H groups in total. The minimum Gasteiger partial charge on any atom is -0.366 e. The van der Waals surface area contributed by atoms with E-state index in [0.29, 0.717) is 12.1 Å². The molecule has 123 valence electrons. The smallest absolute Gasteiger partial charge is 0.249 e. The molecule has 25 heavy (non-hydrogen) atoms. The summed E-state index contributed by atoms with van der Waals surface area (Å²) in [7, 11) is 0. The lowest BCUT2D eigenvalue weighted by atomic mass is 10.1. The molecule has 1 heterocycles. The van der Waals surface area contributed by atoms with E-state index >= 15 is 0 Å². The number of carbonyl (C=O) groups excluding carboxylic acids is 1. The highest BCUT2D eigenvalue weighted by Gasteiger charge is 2.16. The van der Waals surface area contributed by atoms with Gasteiger partial charge < -0.3 is 10.3 Å². The van der Waals surface area contributed by atoms with E-state index in [4.69, 9.17) is 5.73 Å². The average Bonchev–Trinajstić information content (AvgIpc) is 2.88. The zero-order valence-electron chi connectivity index (χ0n) is 13.7. The number of nitrogens with zero attached hydrogens (tertiary/aromatic N) is 1. The normalized spacial score (nSPS) is 11.3. The summed E-state index contributed by atoms with van der Waals surface area (Å²) in [5.41, 5.74) is 9.80. The number of halogens is 1. The largest absolute Gasteiger partial charge is 0.366 e. The van der Waals surface area contributed by atoms with Gasteiger partial charge in [0.15, 0.2) is 0 Å². The lowest BCUT2D eigenvalue weighted by Gasteiger charge is -2.08. The van der Waals surface area contributed by atoms with Gasteiger partial charge in [-0.1, -0.05) is 24.3 Å². The second kappa shape index (κ2) is 5.74. The molecule has 3 aromatic carbocycles. The van der Waals surface area contributed by atoms with E-state index in [1.807, 2.05) is 31.2 Å². The third kappa shape index (κ3) is 2.56. The van der Waals surface area contributed by atoms with E-state index in [9.17, 15) is 9.18 Å². The summed E-state index contributed by atoms with van der Waals surface area (Å²) in [6, 6.07) is 19.2. The topological polar surface area (TPSA) is 48.0 Å². The number of hydrogen-bond acceptors (Lipinski definition) is 1. The van der Waals surface area contributed by atoms with Gasteiger partial charge in [-0.3, -0.25) is 4.79 Å². The summed E-state index contributed by atoms with van der Waals surface area (Å²) in [6.45, 7) is 2.49. The van der Waals surface area contributed by atoms with Crippen molar-refractivity contribution in [2.75, 3.05) is 0 Å². The molecule has 1 aromatic heterocycles.